The number of benzene rings is 2. The van der Waals surface area contributed by atoms with Gasteiger partial charge < -0.3 is 9.64 Å². The smallest absolute Gasteiger partial charge is 0.254 e. The average Bonchev–Trinajstić information content (AvgIpc) is 2.70. The molecule has 0 radical (unpaired) electrons. The second-order valence-corrected chi connectivity index (χ2v) is 6.38. The van der Waals surface area contributed by atoms with Gasteiger partial charge in [0.15, 0.2) is 0 Å². The van der Waals surface area contributed by atoms with Crippen molar-refractivity contribution in [2.24, 2.45) is 0 Å². The first-order valence-corrected chi connectivity index (χ1v) is 8.93. The summed E-state index contributed by atoms with van der Waals surface area (Å²) < 4.78 is 5.23. The lowest BCUT2D eigenvalue weighted by atomic mass is 10.0. The molecule has 1 heterocycles. The number of ether oxygens (including phenoxy) is 1. The zero-order valence-corrected chi connectivity index (χ0v) is 15.5. The first-order chi connectivity index (χ1) is 12.6. The first kappa shape index (κ1) is 17.9. The van der Waals surface area contributed by atoms with E-state index in [1.807, 2.05) is 61.6 Å². The number of unbranched alkanes of at least 4 members (excludes halogenated alkanes) is 1. The molecule has 0 N–H and O–H groups in total. The van der Waals surface area contributed by atoms with E-state index in [0.29, 0.717) is 5.56 Å². The van der Waals surface area contributed by atoms with Crippen LogP contribution in [0.25, 0.3) is 22.2 Å². The van der Waals surface area contributed by atoms with Crippen molar-refractivity contribution >= 4 is 16.8 Å². The van der Waals surface area contributed by atoms with Gasteiger partial charge >= 0.3 is 0 Å². The third kappa shape index (κ3) is 3.69. The molecule has 1 amide bonds. The Hall–Kier alpha value is -2.88. The molecule has 0 saturated heterocycles. The highest BCUT2D eigenvalue weighted by Crippen LogP contribution is 2.27. The molecule has 0 spiro atoms. The molecule has 4 nitrogen and oxygen atoms in total. The zero-order chi connectivity index (χ0) is 18.5. The number of fused-ring (bicyclic) bond motifs is 1. The van der Waals surface area contributed by atoms with E-state index >= 15 is 0 Å². The van der Waals surface area contributed by atoms with Crippen LogP contribution in [0.5, 0.6) is 5.75 Å². The van der Waals surface area contributed by atoms with E-state index in [4.69, 9.17) is 9.72 Å². The zero-order valence-electron chi connectivity index (χ0n) is 15.5. The Bertz CT molecular complexity index is 904. The van der Waals surface area contributed by atoms with E-state index in [1.54, 1.807) is 12.0 Å². The van der Waals surface area contributed by atoms with Crippen LogP contribution in [-0.4, -0.2) is 36.5 Å². The minimum absolute atomic E-state index is 0.0341. The lowest BCUT2D eigenvalue weighted by Gasteiger charge is -2.18. The number of nitrogens with zero attached hydrogens (tertiary/aromatic N) is 2. The Morgan fingerprint density at radius 3 is 2.54 bits per heavy atom. The number of methoxy groups -OCH3 is 1. The fourth-order valence-corrected chi connectivity index (χ4v) is 2.96. The average molecular weight is 348 g/mol. The van der Waals surface area contributed by atoms with Crippen molar-refractivity contribution < 1.29 is 9.53 Å². The molecule has 2 aromatic carbocycles. The lowest BCUT2D eigenvalue weighted by molar-refractivity contribution is 0.0795. The van der Waals surface area contributed by atoms with Gasteiger partial charge in [0, 0.05) is 24.5 Å². The Morgan fingerprint density at radius 1 is 1.12 bits per heavy atom. The van der Waals surface area contributed by atoms with Gasteiger partial charge in [-0.3, -0.25) is 4.79 Å². The minimum Gasteiger partial charge on any atom is -0.497 e. The summed E-state index contributed by atoms with van der Waals surface area (Å²) in [7, 11) is 3.51. The quantitative estimate of drug-likeness (QED) is 0.644. The largest absolute Gasteiger partial charge is 0.497 e. The SMILES string of the molecule is CCCCN(C)C(=O)c1cc(-c2ccc(OC)cc2)nc2ccccc12. The van der Waals surface area contributed by atoms with Crippen LogP contribution in [0.4, 0.5) is 0 Å². The van der Waals surface area contributed by atoms with Crippen molar-refractivity contribution in [2.45, 2.75) is 19.8 Å². The second-order valence-electron chi connectivity index (χ2n) is 6.38. The van der Waals surface area contributed by atoms with E-state index in [2.05, 4.69) is 6.92 Å². The maximum absolute atomic E-state index is 13.0. The van der Waals surface area contributed by atoms with Crippen LogP contribution in [0.2, 0.25) is 0 Å². The molecule has 0 aliphatic heterocycles. The number of pyridine rings is 1. The summed E-state index contributed by atoms with van der Waals surface area (Å²) in [6.45, 7) is 2.88. The fourth-order valence-electron chi connectivity index (χ4n) is 2.96. The van der Waals surface area contributed by atoms with Crippen LogP contribution < -0.4 is 4.74 Å². The summed E-state index contributed by atoms with van der Waals surface area (Å²) in [6, 6.07) is 17.4. The topological polar surface area (TPSA) is 42.4 Å². The summed E-state index contributed by atoms with van der Waals surface area (Å²) in [5.41, 5.74) is 3.27. The minimum atomic E-state index is 0.0341. The number of carbonyl (C=O) groups is 1. The second kappa shape index (κ2) is 8.00. The van der Waals surface area contributed by atoms with Crippen LogP contribution in [0.1, 0.15) is 30.1 Å². The Morgan fingerprint density at radius 2 is 1.85 bits per heavy atom. The standard InChI is InChI=1S/C22H24N2O2/c1-4-5-14-24(2)22(25)19-15-21(16-10-12-17(26-3)13-11-16)23-20-9-7-6-8-18(19)20/h6-13,15H,4-5,14H2,1-3H3. The van der Waals surface area contributed by atoms with Gasteiger partial charge in [-0.25, -0.2) is 4.98 Å². The van der Waals surface area contributed by atoms with Crippen molar-refractivity contribution in [3.63, 3.8) is 0 Å². The number of para-hydroxylation sites is 1. The highest BCUT2D eigenvalue weighted by Gasteiger charge is 2.17. The van der Waals surface area contributed by atoms with Gasteiger partial charge in [0.2, 0.25) is 0 Å². The normalized spacial score (nSPS) is 10.7. The predicted molar refractivity (Wildman–Crippen MR) is 106 cm³/mol. The number of hydrogen-bond acceptors (Lipinski definition) is 3. The molecule has 0 aliphatic carbocycles. The summed E-state index contributed by atoms with van der Waals surface area (Å²) >= 11 is 0. The summed E-state index contributed by atoms with van der Waals surface area (Å²) in [6.07, 6.45) is 2.06. The highest BCUT2D eigenvalue weighted by molar-refractivity contribution is 6.07. The van der Waals surface area contributed by atoms with Crippen molar-refractivity contribution in [3.05, 3.63) is 60.2 Å². The molecule has 3 aromatic rings. The van der Waals surface area contributed by atoms with E-state index in [9.17, 15) is 4.79 Å². The van der Waals surface area contributed by atoms with Gasteiger partial charge in [-0.05, 0) is 42.8 Å². The van der Waals surface area contributed by atoms with E-state index < -0.39 is 0 Å². The molecule has 0 atom stereocenters. The van der Waals surface area contributed by atoms with Gasteiger partial charge in [-0.1, -0.05) is 31.5 Å². The summed E-state index contributed by atoms with van der Waals surface area (Å²) in [5.74, 6) is 0.831. The lowest BCUT2D eigenvalue weighted by Crippen LogP contribution is -2.28. The van der Waals surface area contributed by atoms with Gasteiger partial charge in [0.05, 0.1) is 23.9 Å². The number of aromatic nitrogens is 1. The molecule has 3 rings (SSSR count). The Kier molecular flexibility index (Phi) is 5.52. The van der Waals surface area contributed by atoms with E-state index in [0.717, 1.165) is 47.3 Å². The van der Waals surface area contributed by atoms with Gasteiger partial charge in [-0.15, -0.1) is 0 Å². The van der Waals surface area contributed by atoms with Gasteiger partial charge in [-0.2, -0.15) is 0 Å². The first-order valence-electron chi connectivity index (χ1n) is 8.93. The van der Waals surface area contributed by atoms with Crippen LogP contribution in [0.15, 0.2) is 54.6 Å². The van der Waals surface area contributed by atoms with Crippen LogP contribution in [-0.2, 0) is 0 Å². The molecule has 0 saturated carbocycles. The maximum atomic E-state index is 13.0. The number of amides is 1. The molecule has 134 valence electrons. The highest BCUT2D eigenvalue weighted by atomic mass is 16.5. The van der Waals surface area contributed by atoms with E-state index in [-0.39, 0.29) is 5.91 Å². The number of hydrogen-bond donors (Lipinski definition) is 0. The molecule has 1 aromatic heterocycles. The predicted octanol–water partition coefficient (Wildman–Crippen LogP) is 4.78. The van der Waals surface area contributed by atoms with Crippen LogP contribution in [0.3, 0.4) is 0 Å². The molecule has 0 fully saturated rings. The molecular formula is C22H24N2O2. The maximum Gasteiger partial charge on any atom is 0.254 e. The van der Waals surface area contributed by atoms with Crippen molar-refractivity contribution in [1.82, 2.24) is 9.88 Å². The van der Waals surface area contributed by atoms with Gasteiger partial charge in [0.25, 0.3) is 5.91 Å². The molecule has 26 heavy (non-hydrogen) atoms. The Labute approximate surface area is 154 Å². The molecule has 4 heteroatoms. The fraction of sp³-hybridized carbons (Fsp3) is 0.273. The molecule has 0 unspecified atom stereocenters. The number of rotatable bonds is 6. The molecule has 0 aliphatic rings. The van der Waals surface area contributed by atoms with Crippen LogP contribution >= 0.6 is 0 Å². The van der Waals surface area contributed by atoms with Crippen molar-refractivity contribution in [1.29, 1.82) is 0 Å². The third-order valence-corrected chi connectivity index (χ3v) is 4.53. The van der Waals surface area contributed by atoms with Crippen LogP contribution in [0, 0.1) is 0 Å². The number of carbonyl (C=O) groups excluding carboxylic acids is 1. The third-order valence-electron chi connectivity index (χ3n) is 4.53. The Balaban J connectivity index is 2.07. The summed E-state index contributed by atoms with van der Waals surface area (Å²) in [5, 5.41) is 0.887. The monoisotopic (exact) mass is 348 g/mol. The van der Waals surface area contributed by atoms with Crippen molar-refractivity contribution in [2.75, 3.05) is 20.7 Å². The van der Waals surface area contributed by atoms with Gasteiger partial charge in [0.1, 0.15) is 5.75 Å². The summed E-state index contributed by atoms with van der Waals surface area (Å²) in [4.78, 5) is 19.6. The molecule has 0 bridgehead atoms. The molecular weight excluding hydrogens is 324 g/mol. The van der Waals surface area contributed by atoms with Crippen molar-refractivity contribution in [3.8, 4) is 17.0 Å². The van der Waals surface area contributed by atoms with E-state index in [1.165, 1.54) is 0 Å².